The van der Waals surface area contributed by atoms with E-state index in [4.69, 9.17) is 4.42 Å². The molecule has 4 rings (SSSR count). The van der Waals surface area contributed by atoms with E-state index in [1.54, 1.807) is 53.4 Å². The second-order valence-corrected chi connectivity index (χ2v) is 7.07. The van der Waals surface area contributed by atoms with Gasteiger partial charge in [0, 0.05) is 6.04 Å². The number of carbonyl (C=O) groups is 1. The van der Waals surface area contributed by atoms with E-state index in [1.807, 2.05) is 13.8 Å². The Kier molecular flexibility index (Phi) is 4.75. The summed E-state index contributed by atoms with van der Waals surface area (Å²) in [6, 6.07) is 13.8. The Hall–Kier alpha value is -3.68. The lowest BCUT2D eigenvalue weighted by atomic mass is 10.2. The van der Waals surface area contributed by atoms with Crippen LogP contribution in [0.15, 0.2) is 62.5 Å². The molecule has 1 amide bonds. The molecule has 0 saturated heterocycles. The Morgan fingerprint density at radius 1 is 1.14 bits per heavy atom. The van der Waals surface area contributed by atoms with E-state index in [0.717, 1.165) is 0 Å². The number of amides is 1. The molecule has 2 aromatic carbocycles. The fourth-order valence-electron chi connectivity index (χ4n) is 3.32. The molecule has 0 radical (unpaired) electrons. The minimum Gasteiger partial charge on any atom is -0.408 e. The molecule has 0 aliphatic rings. The van der Waals surface area contributed by atoms with Crippen molar-refractivity contribution in [2.24, 2.45) is 0 Å². The van der Waals surface area contributed by atoms with E-state index in [-0.39, 0.29) is 30.6 Å². The Labute approximate surface area is 165 Å². The molecule has 4 aromatic rings. The number of benzene rings is 2. The SMILES string of the molecule is CC(C)N(Cc1nc2ccccc2c(=O)[nH]1)C(=O)Cn1c(=O)oc2ccccc21. The molecule has 0 fully saturated rings. The van der Waals surface area contributed by atoms with Crippen LogP contribution in [-0.4, -0.2) is 31.4 Å². The van der Waals surface area contributed by atoms with Crippen LogP contribution in [0.2, 0.25) is 0 Å². The monoisotopic (exact) mass is 392 g/mol. The second-order valence-electron chi connectivity index (χ2n) is 7.07. The number of hydrogen-bond acceptors (Lipinski definition) is 5. The summed E-state index contributed by atoms with van der Waals surface area (Å²) in [5.41, 5.74) is 1.31. The standard InChI is InChI=1S/C21H20N4O4/c1-13(2)24(11-18-22-15-8-4-3-7-14(15)20(27)23-18)19(26)12-25-16-9-5-6-10-17(16)29-21(25)28/h3-10,13H,11-12H2,1-2H3,(H,22,23,27). The molecule has 0 unspecified atom stereocenters. The fraction of sp³-hybridized carbons (Fsp3) is 0.238. The van der Waals surface area contributed by atoms with Crippen LogP contribution < -0.4 is 11.3 Å². The lowest BCUT2D eigenvalue weighted by molar-refractivity contribution is -0.134. The van der Waals surface area contributed by atoms with Gasteiger partial charge in [-0.15, -0.1) is 0 Å². The number of nitrogens with one attached hydrogen (secondary N) is 1. The van der Waals surface area contributed by atoms with Crippen molar-refractivity contribution in [3.63, 3.8) is 0 Å². The minimum atomic E-state index is -0.583. The maximum absolute atomic E-state index is 13.0. The molecule has 0 bridgehead atoms. The zero-order valence-corrected chi connectivity index (χ0v) is 16.1. The molecular weight excluding hydrogens is 372 g/mol. The summed E-state index contributed by atoms with van der Waals surface area (Å²) in [5, 5.41) is 0.495. The van der Waals surface area contributed by atoms with E-state index >= 15 is 0 Å². The first-order valence-corrected chi connectivity index (χ1v) is 9.30. The second kappa shape index (κ2) is 7.38. The lowest BCUT2D eigenvalue weighted by Crippen LogP contribution is -2.40. The molecule has 2 heterocycles. The van der Waals surface area contributed by atoms with Crippen molar-refractivity contribution in [3.05, 3.63) is 75.3 Å². The van der Waals surface area contributed by atoms with Gasteiger partial charge in [-0.1, -0.05) is 24.3 Å². The zero-order valence-electron chi connectivity index (χ0n) is 16.1. The number of rotatable bonds is 5. The van der Waals surface area contributed by atoms with E-state index < -0.39 is 5.76 Å². The number of carbonyl (C=O) groups excluding carboxylic acids is 1. The molecular formula is C21H20N4O4. The van der Waals surface area contributed by atoms with Gasteiger partial charge in [-0.05, 0) is 38.1 Å². The van der Waals surface area contributed by atoms with Crippen molar-refractivity contribution >= 4 is 27.9 Å². The molecule has 0 saturated carbocycles. The summed E-state index contributed by atoms with van der Waals surface area (Å²) >= 11 is 0. The number of aromatic nitrogens is 3. The van der Waals surface area contributed by atoms with Crippen LogP contribution in [-0.2, 0) is 17.9 Å². The molecule has 0 aliphatic carbocycles. The van der Waals surface area contributed by atoms with E-state index in [9.17, 15) is 14.4 Å². The van der Waals surface area contributed by atoms with Crippen molar-refractivity contribution in [1.29, 1.82) is 0 Å². The highest BCUT2D eigenvalue weighted by atomic mass is 16.4. The molecule has 2 aromatic heterocycles. The van der Waals surface area contributed by atoms with Gasteiger partial charge in [0.1, 0.15) is 12.4 Å². The van der Waals surface area contributed by atoms with Crippen LogP contribution >= 0.6 is 0 Å². The van der Waals surface area contributed by atoms with Crippen LogP contribution in [0.5, 0.6) is 0 Å². The third-order valence-corrected chi connectivity index (χ3v) is 4.79. The van der Waals surface area contributed by atoms with Gasteiger partial charge >= 0.3 is 5.76 Å². The number of para-hydroxylation sites is 3. The molecule has 8 nitrogen and oxygen atoms in total. The molecule has 148 valence electrons. The van der Waals surface area contributed by atoms with Crippen molar-refractivity contribution in [3.8, 4) is 0 Å². The number of H-pyrrole nitrogens is 1. The average molecular weight is 392 g/mol. The number of oxazole rings is 1. The quantitative estimate of drug-likeness (QED) is 0.561. The first-order chi connectivity index (χ1) is 13.9. The van der Waals surface area contributed by atoms with Crippen LogP contribution in [0, 0.1) is 0 Å². The number of hydrogen-bond donors (Lipinski definition) is 1. The van der Waals surface area contributed by atoms with Crippen LogP contribution in [0.25, 0.3) is 22.0 Å². The van der Waals surface area contributed by atoms with Crippen molar-refractivity contribution in [1.82, 2.24) is 19.4 Å². The topological polar surface area (TPSA) is 101 Å². The van der Waals surface area contributed by atoms with Gasteiger partial charge in [0.25, 0.3) is 5.56 Å². The van der Waals surface area contributed by atoms with Crippen molar-refractivity contribution in [2.75, 3.05) is 0 Å². The normalized spacial score (nSPS) is 11.4. The number of fused-ring (bicyclic) bond motifs is 2. The summed E-state index contributed by atoms with van der Waals surface area (Å²) in [6.07, 6.45) is 0. The van der Waals surface area contributed by atoms with E-state index in [2.05, 4.69) is 9.97 Å². The van der Waals surface area contributed by atoms with Gasteiger partial charge in [-0.3, -0.25) is 14.2 Å². The Morgan fingerprint density at radius 2 is 1.86 bits per heavy atom. The third kappa shape index (κ3) is 3.56. The van der Waals surface area contributed by atoms with Crippen molar-refractivity contribution in [2.45, 2.75) is 33.0 Å². The van der Waals surface area contributed by atoms with Gasteiger partial charge in [-0.25, -0.2) is 9.78 Å². The predicted octanol–water partition coefficient (Wildman–Crippen LogP) is 2.27. The summed E-state index contributed by atoms with van der Waals surface area (Å²) in [5.74, 6) is -0.467. The maximum Gasteiger partial charge on any atom is 0.420 e. The smallest absolute Gasteiger partial charge is 0.408 e. The third-order valence-electron chi connectivity index (χ3n) is 4.79. The Morgan fingerprint density at radius 3 is 2.66 bits per heavy atom. The fourth-order valence-corrected chi connectivity index (χ4v) is 3.32. The van der Waals surface area contributed by atoms with Gasteiger partial charge in [0.15, 0.2) is 5.58 Å². The minimum absolute atomic E-state index is 0.126. The molecule has 8 heteroatoms. The highest BCUT2D eigenvalue weighted by Crippen LogP contribution is 2.14. The zero-order chi connectivity index (χ0) is 20.5. The highest BCUT2D eigenvalue weighted by Gasteiger charge is 2.21. The lowest BCUT2D eigenvalue weighted by Gasteiger charge is -2.26. The summed E-state index contributed by atoms with van der Waals surface area (Å²) in [6.45, 7) is 3.70. The molecule has 1 N–H and O–H groups in total. The molecule has 0 aliphatic heterocycles. The van der Waals surface area contributed by atoms with Crippen LogP contribution in [0.1, 0.15) is 19.7 Å². The highest BCUT2D eigenvalue weighted by molar-refractivity contribution is 5.80. The predicted molar refractivity (Wildman–Crippen MR) is 109 cm³/mol. The largest absolute Gasteiger partial charge is 0.420 e. The van der Waals surface area contributed by atoms with Crippen LogP contribution in [0.4, 0.5) is 0 Å². The van der Waals surface area contributed by atoms with Crippen molar-refractivity contribution < 1.29 is 9.21 Å². The Bertz CT molecular complexity index is 1320. The number of nitrogens with zero attached hydrogens (tertiary/aromatic N) is 3. The molecule has 0 spiro atoms. The average Bonchev–Trinajstić information content (AvgIpc) is 3.01. The summed E-state index contributed by atoms with van der Waals surface area (Å²) in [4.78, 5) is 46.3. The van der Waals surface area contributed by atoms with Gasteiger partial charge in [0.05, 0.1) is 23.0 Å². The van der Waals surface area contributed by atoms with Gasteiger partial charge in [0.2, 0.25) is 5.91 Å². The first-order valence-electron chi connectivity index (χ1n) is 9.30. The molecule has 0 atom stereocenters. The van der Waals surface area contributed by atoms with Gasteiger partial charge in [-0.2, -0.15) is 0 Å². The molecule has 29 heavy (non-hydrogen) atoms. The van der Waals surface area contributed by atoms with Crippen LogP contribution in [0.3, 0.4) is 0 Å². The summed E-state index contributed by atoms with van der Waals surface area (Å²) < 4.78 is 6.51. The van der Waals surface area contributed by atoms with E-state index in [1.165, 1.54) is 4.57 Å². The Balaban J connectivity index is 1.64. The van der Waals surface area contributed by atoms with Gasteiger partial charge < -0.3 is 14.3 Å². The maximum atomic E-state index is 13.0. The number of aromatic amines is 1. The summed E-state index contributed by atoms with van der Waals surface area (Å²) in [7, 11) is 0. The first kappa shape index (κ1) is 18.7. The van der Waals surface area contributed by atoms with E-state index in [0.29, 0.717) is 27.8 Å².